The second-order valence-corrected chi connectivity index (χ2v) is 21.6. The predicted molar refractivity (Wildman–Crippen MR) is 339 cm³/mol. The summed E-state index contributed by atoms with van der Waals surface area (Å²) in [5.41, 5.74) is 0. The molecule has 1 atom stereocenters. The monoisotopic (exact) mass is 1080 g/mol. The molecule has 0 bridgehead atoms. The maximum atomic E-state index is 12.9. The lowest BCUT2D eigenvalue weighted by Gasteiger charge is -2.18. The highest BCUT2D eigenvalue weighted by molar-refractivity contribution is 5.71. The summed E-state index contributed by atoms with van der Waals surface area (Å²) in [6.45, 7) is 6.42. The number of esters is 3. The third-order valence-electron chi connectivity index (χ3n) is 14.0. The van der Waals surface area contributed by atoms with E-state index in [4.69, 9.17) is 14.2 Å². The molecule has 0 saturated carbocycles. The topological polar surface area (TPSA) is 78.9 Å². The van der Waals surface area contributed by atoms with Crippen molar-refractivity contribution in [2.45, 2.75) is 316 Å². The van der Waals surface area contributed by atoms with E-state index < -0.39 is 6.10 Å². The maximum Gasteiger partial charge on any atom is 0.306 e. The third-order valence-corrected chi connectivity index (χ3v) is 14.0. The molecule has 0 radical (unpaired) electrons. The fourth-order valence-corrected chi connectivity index (χ4v) is 9.17. The van der Waals surface area contributed by atoms with Crippen LogP contribution in [-0.2, 0) is 28.6 Å². The quantitative estimate of drug-likeness (QED) is 0.0261. The highest BCUT2D eigenvalue weighted by atomic mass is 16.6. The van der Waals surface area contributed by atoms with E-state index in [1.54, 1.807) is 0 Å². The third kappa shape index (κ3) is 62.9. The van der Waals surface area contributed by atoms with Crippen molar-refractivity contribution >= 4 is 17.9 Å². The zero-order valence-electron chi connectivity index (χ0n) is 51.2. The van der Waals surface area contributed by atoms with Gasteiger partial charge in [0.05, 0.1) is 0 Å². The zero-order chi connectivity index (χ0) is 56.4. The lowest BCUT2D eigenvalue weighted by Crippen LogP contribution is -2.30. The van der Waals surface area contributed by atoms with E-state index in [2.05, 4.69) is 130 Å². The molecule has 1 unspecified atom stereocenters. The first kappa shape index (κ1) is 74.1. The van der Waals surface area contributed by atoms with Crippen LogP contribution in [0.25, 0.3) is 0 Å². The van der Waals surface area contributed by atoms with E-state index in [0.29, 0.717) is 19.3 Å². The lowest BCUT2D eigenvalue weighted by atomic mass is 10.0. The van der Waals surface area contributed by atoms with Crippen LogP contribution in [0.4, 0.5) is 0 Å². The van der Waals surface area contributed by atoms with Gasteiger partial charge in [0.25, 0.3) is 0 Å². The fourth-order valence-electron chi connectivity index (χ4n) is 9.17. The van der Waals surface area contributed by atoms with E-state index in [1.807, 2.05) is 0 Å². The summed E-state index contributed by atoms with van der Waals surface area (Å²) in [5.74, 6) is -0.920. The van der Waals surface area contributed by atoms with Crippen molar-refractivity contribution in [3.63, 3.8) is 0 Å². The Labute approximate surface area is 482 Å². The summed E-state index contributed by atoms with van der Waals surface area (Å²) in [7, 11) is 0. The van der Waals surface area contributed by atoms with Crippen LogP contribution >= 0.6 is 0 Å². The molecule has 78 heavy (non-hydrogen) atoms. The molecule has 0 saturated heterocycles. The first-order valence-corrected chi connectivity index (χ1v) is 32.9. The predicted octanol–water partition coefficient (Wildman–Crippen LogP) is 22.6. The van der Waals surface area contributed by atoms with Crippen LogP contribution in [0.3, 0.4) is 0 Å². The standard InChI is InChI=1S/C72H122O6/c1-4-7-10-13-16-19-22-25-28-31-34-36-39-41-44-47-50-53-56-59-62-65-71(74)77-68-69(67-76-70(73)64-61-58-55-52-49-46-43-40-37-33-30-27-24-21-18-15-12-9-6-3)78-72(75)66-63-60-57-54-51-48-45-42-38-35-32-29-26-23-20-17-14-11-8-5-2/h7,9-10,12,16,18-19,21,25,27-28,30,34,36-37,40,46,49,69H,4-6,8,11,13-15,17,20,22-24,26,29,31-33,35,38-39,41-45,47-48,50-68H2,1-3H3/b10-7-,12-9-,19-16-,21-18-,28-25-,30-27-,36-34-,40-37-,49-46-. The van der Waals surface area contributed by atoms with Crippen molar-refractivity contribution in [1.82, 2.24) is 0 Å². The molecule has 0 aromatic carbocycles. The van der Waals surface area contributed by atoms with E-state index >= 15 is 0 Å². The van der Waals surface area contributed by atoms with Gasteiger partial charge in [0, 0.05) is 19.3 Å². The molecule has 0 rings (SSSR count). The normalized spacial score (nSPS) is 12.8. The van der Waals surface area contributed by atoms with Gasteiger partial charge in [-0.05, 0) is 103 Å². The van der Waals surface area contributed by atoms with Gasteiger partial charge in [0.2, 0.25) is 0 Å². The van der Waals surface area contributed by atoms with Crippen molar-refractivity contribution in [2.24, 2.45) is 0 Å². The fraction of sp³-hybridized carbons (Fsp3) is 0.708. The Morgan fingerprint density at radius 2 is 0.500 bits per heavy atom. The minimum atomic E-state index is -0.797. The summed E-state index contributed by atoms with van der Waals surface area (Å²) in [6, 6.07) is 0. The van der Waals surface area contributed by atoms with Crippen molar-refractivity contribution in [2.75, 3.05) is 13.2 Å². The smallest absolute Gasteiger partial charge is 0.306 e. The molecular formula is C72H122O6. The van der Waals surface area contributed by atoms with Crippen molar-refractivity contribution < 1.29 is 28.6 Å². The Balaban J connectivity index is 4.44. The molecule has 6 heteroatoms. The minimum absolute atomic E-state index is 0.0920. The van der Waals surface area contributed by atoms with Crippen LogP contribution in [0.5, 0.6) is 0 Å². The Hall–Kier alpha value is -3.93. The molecule has 0 aromatic rings. The van der Waals surface area contributed by atoms with Crippen molar-refractivity contribution in [3.8, 4) is 0 Å². The van der Waals surface area contributed by atoms with Crippen LogP contribution < -0.4 is 0 Å². The molecular weight excluding hydrogens is 961 g/mol. The first-order valence-electron chi connectivity index (χ1n) is 32.9. The molecule has 0 aliphatic rings. The maximum absolute atomic E-state index is 12.9. The SMILES string of the molecule is CC/C=C\C/C=C\C/C=C\C/C=C\C/C=C\CCCCCC(=O)OCC(COC(=O)CCCCCCCCCC/C=C\C/C=C\C/C=C\C/C=C\CC)OC(=O)CCCCCCCCCCCCCCCCCCCCCC. The average molecular weight is 1080 g/mol. The molecule has 0 fully saturated rings. The Bertz CT molecular complexity index is 1570. The first-order chi connectivity index (χ1) is 38.5. The summed E-state index contributed by atoms with van der Waals surface area (Å²) in [5, 5.41) is 0. The number of carbonyl (C=O) groups excluding carboxylic acids is 3. The molecule has 0 N–H and O–H groups in total. The van der Waals surface area contributed by atoms with Crippen LogP contribution in [-0.4, -0.2) is 37.2 Å². The number of carbonyl (C=O) groups is 3. The number of allylic oxidation sites excluding steroid dienone is 18. The van der Waals surface area contributed by atoms with Gasteiger partial charge in [0.15, 0.2) is 6.10 Å². The van der Waals surface area contributed by atoms with Gasteiger partial charge in [-0.25, -0.2) is 0 Å². The van der Waals surface area contributed by atoms with Crippen LogP contribution in [0.2, 0.25) is 0 Å². The zero-order valence-corrected chi connectivity index (χ0v) is 51.2. The molecule has 6 nitrogen and oxygen atoms in total. The van der Waals surface area contributed by atoms with Gasteiger partial charge >= 0.3 is 17.9 Å². The number of ether oxygens (including phenoxy) is 3. The van der Waals surface area contributed by atoms with Gasteiger partial charge in [-0.15, -0.1) is 0 Å². The molecule has 0 heterocycles. The van der Waals surface area contributed by atoms with Gasteiger partial charge in [-0.3, -0.25) is 14.4 Å². The van der Waals surface area contributed by atoms with Crippen LogP contribution in [0.15, 0.2) is 109 Å². The number of hydrogen-bond acceptors (Lipinski definition) is 6. The number of hydrogen-bond donors (Lipinski definition) is 0. The Morgan fingerprint density at radius 1 is 0.269 bits per heavy atom. The van der Waals surface area contributed by atoms with E-state index in [0.717, 1.165) is 128 Å². The second-order valence-electron chi connectivity index (χ2n) is 21.6. The van der Waals surface area contributed by atoms with Crippen LogP contribution in [0, 0.1) is 0 Å². The van der Waals surface area contributed by atoms with Crippen molar-refractivity contribution in [1.29, 1.82) is 0 Å². The molecule has 0 amide bonds. The second kappa shape index (κ2) is 65.6. The van der Waals surface area contributed by atoms with Gasteiger partial charge in [-0.2, -0.15) is 0 Å². The van der Waals surface area contributed by atoms with Gasteiger partial charge in [0.1, 0.15) is 13.2 Å². The highest BCUT2D eigenvalue weighted by Crippen LogP contribution is 2.17. The summed E-state index contributed by atoms with van der Waals surface area (Å²) >= 11 is 0. The summed E-state index contributed by atoms with van der Waals surface area (Å²) < 4.78 is 16.9. The number of unbranched alkanes of at least 4 members (excludes halogenated alkanes) is 30. The highest BCUT2D eigenvalue weighted by Gasteiger charge is 2.19. The Kier molecular flexibility index (Phi) is 62.3. The summed E-state index contributed by atoms with van der Waals surface area (Å²) in [4.78, 5) is 38.4. The molecule has 446 valence electrons. The van der Waals surface area contributed by atoms with E-state index in [1.165, 1.54) is 141 Å². The lowest BCUT2D eigenvalue weighted by molar-refractivity contribution is -0.167. The average Bonchev–Trinajstić information content (AvgIpc) is 3.44. The largest absolute Gasteiger partial charge is 0.462 e. The molecule has 0 aliphatic carbocycles. The van der Waals surface area contributed by atoms with Gasteiger partial charge in [-0.1, -0.05) is 297 Å². The minimum Gasteiger partial charge on any atom is -0.462 e. The number of rotatable bonds is 59. The Morgan fingerprint density at radius 3 is 0.795 bits per heavy atom. The van der Waals surface area contributed by atoms with Gasteiger partial charge < -0.3 is 14.2 Å². The summed E-state index contributed by atoms with van der Waals surface area (Å²) in [6.07, 6.45) is 89.5. The van der Waals surface area contributed by atoms with E-state index in [-0.39, 0.29) is 31.1 Å². The van der Waals surface area contributed by atoms with Crippen LogP contribution in [0.1, 0.15) is 310 Å². The molecule has 0 aromatic heterocycles. The van der Waals surface area contributed by atoms with Crippen molar-refractivity contribution in [3.05, 3.63) is 109 Å². The molecule has 0 spiro atoms. The molecule has 0 aliphatic heterocycles. The van der Waals surface area contributed by atoms with E-state index in [9.17, 15) is 14.4 Å².